The van der Waals surface area contributed by atoms with Crippen LogP contribution in [0.3, 0.4) is 0 Å². The lowest BCUT2D eigenvalue weighted by molar-refractivity contribution is 0.601. The van der Waals surface area contributed by atoms with Crippen molar-refractivity contribution in [3.8, 4) is 0 Å². The van der Waals surface area contributed by atoms with Crippen LogP contribution >= 0.6 is 0 Å². The fraction of sp³-hybridized carbons (Fsp3) is 0. The molecule has 2 heterocycles. The maximum absolute atomic E-state index is 12.5. The highest BCUT2D eigenvalue weighted by molar-refractivity contribution is 7.92. The third-order valence-electron chi connectivity index (χ3n) is 3.60. The van der Waals surface area contributed by atoms with Crippen LogP contribution in [0.15, 0.2) is 58.4 Å². The van der Waals surface area contributed by atoms with Gasteiger partial charge in [-0.25, -0.2) is 13.2 Å². The summed E-state index contributed by atoms with van der Waals surface area (Å²) in [6.07, 6.45) is 1.79. The molecule has 0 unspecified atom stereocenters. The summed E-state index contributed by atoms with van der Waals surface area (Å²) in [7, 11) is -3.74. The van der Waals surface area contributed by atoms with Gasteiger partial charge in [0.1, 0.15) is 0 Å². The van der Waals surface area contributed by atoms with E-state index in [1.807, 2.05) is 6.07 Å². The first-order valence-electron chi connectivity index (χ1n) is 6.83. The van der Waals surface area contributed by atoms with E-state index in [-0.39, 0.29) is 10.6 Å². The van der Waals surface area contributed by atoms with Crippen LogP contribution in [-0.2, 0) is 10.0 Å². The Morgan fingerprint density at radius 1 is 0.870 bits per heavy atom. The van der Waals surface area contributed by atoms with Gasteiger partial charge in [0, 0.05) is 22.8 Å². The van der Waals surface area contributed by atoms with Crippen LogP contribution in [0.1, 0.15) is 0 Å². The van der Waals surface area contributed by atoms with E-state index in [4.69, 9.17) is 0 Å². The van der Waals surface area contributed by atoms with Gasteiger partial charge in [-0.05, 0) is 42.5 Å². The van der Waals surface area contributed by atoms with E-state index in [9.17, 15) is 13.2 Å². The number of fused-ring (bicyclic) bond motifs is 2. The molecule has 0 atom stereocenters. The molecule has 0 amide bonds. The molecule has 0 aliphatic heterocycles. The molecule has 0 aliphatic carbocycles. The number of rotatable bonds is 3. The molecular weight excluding hydrogens is 316 g/mol. The van der Waals surface area contributed by atoms with Crippen molar-refractivity contribution in [1.29, 1.82) is 0 Å². The number of imidazole rings is 1. The van der Waals surface area contributed by atoms with Crippen molar-refractivity contribution in [2.75, 3.05) is 4.72 Å². The average Bonchev–Trinajstić information content (AvgIpc) is 3.10. The first-order valence-corrected chi connectivity index (χ1v) is 8.32. The lowest BCUT2D eigenvalue weighted by Crippen LogP contribution is -2.12. The van der Waals surface area contributed by atoms with E-state index < -0.39 is 10.0 Å². The molecule has 7 nitrogen and oxygen atoms in total. The minimum atomic E-state index is -3.74. The maximum Gasteiger partial charge on any atom is 0.323 e. The molecular formula is C15H12N4O3S. The predicted molar refractivity (Wildman–Crippen MR) is 88.0 cm³/mol. The fourth-order valence-electron chi connectivity index (χ4n) is 2.51. The highest BCUT2D eigenvalue weighted by atomic mass is 32.2. The van der Waals surface area contributed by atoms with E-state index >= 15 is 0 Å². The van der Waals surface area contributed by atoms with Crippen molar-refractivity contribution in [2.45, 2.75) is 4.90 Å². The third-order valence-corrected chi connectivity index (χ3v) is 4.98. The van der Waals surface area contributed by atoms with E-state index in [1.54, 1.807) is 30.5 Å². The summed E-state index contributed by atoms with van der Waals surface area (Å²) in [6, 6.07) is 11.5. The summed E-state index contributed by atoms with van der Waals surface area (Å²) in [4.78, 5) is 19.5. The van der Waals surface area contributed by atoms with Crippen molar-refractivity contribution in [3.63, 3.8) is 0 Å². The van der Waals surface area contributed by atoms with Gasteiger partial charge in [0.15, 0.2) is 0 Å². The molecule has 0 fully saturated rings. The lowest BCUT2D eigenvalue weighted by atomic mass is 10.2. The van der Waals surface area contributed by atoms with Gasteiger partial charge in [-0.2, -0.15) is 0 Å². The molecule has 0 spiro atoms. The van der Waals surface area contributed by atoms with E-state index in [2.05, 4.69) is 19.7 Å². The number of hydrogen-bond acceptors (Lipinski definition) is 3. The van der Waals surface area contributed by atoms with Crippen LogP contribution in [-0.4, -0.2) is 23.4 Å². The number of aromatic amines is 3. The quantitative estimate of drug-likeness (QED) is 0.462. The Balaban J connectivity index is 1.74. The normalized spacial score (nSPS) is 12.0. The van der Waals surface area contributed by atoms with Crippen molar-refractivity contribution >= 4 is 37.6 Å². The van der Waals surface area contributed by atoms with Crippen LogP contribution in [0.5, 0.6) is 0 Å². The van der Waals surface area contributed by atoms with Crippen molar-refractivity contribution in [3.05, 3.63) is 59.1 Å². The van der Waals surface area contributed by atoms with E-state index in [0.29, 0.717) is 16.7 Å². The second-order valence-corrected chi connectivity index (χ2v) is 6.85. The maximum atomic E-state index is 12.5. The molecule has 0 radical (unpaired) electrons. The van der Waals surface area contributed by atoms with Gasteiger partial charge < -0.3 is 15.0 Å². The SMILES string of the molecule is O=c1[nH]c2ccc(S(=O)(=O)Nc3ccc4[nH]ccc4c3)cc2[nH]1. The molecule has 4 N–H and O–H groups in total. The van der Waals surface area contributed by atoms with Crippen LogP contribution < -0.4 is 10.4 Å². The van der Waals surface area contributed by atoms with Gasteiger partial charge >= 0.3 is 5.69 Å². The predicted octanol–water partition coefficient (Wildman–Crippen LogP) is 2.14. The number of nitrogens with one attached hydrogen (secondary N) is 4. The summed E-state index contributed by atoms with van der Waals surface area (Å²) >= 11 is 0. The van der Waals surface area contributed by atoms with Crippen LogP contribution in [0, 0.1) is 0 Å². The second-order valence-electron chi connectivity index (χ2n) is 5.17. The second kappa shape index (κ2) is 4.75. The monoisotopic (exact) mass is 328 g/mol. The number of sulfonamides is 1. The van der Waals surface area contributed by atoms with Gasteiger partial charge in [0.25, 0.3) is 10.0 Å². The Morgan fingerprint density at radius 3 is 2.52 bits per heavy atom. The fourth-order valence-corrected chi connectivity index (χ4v) is 3.58. The summed E-state index contributed by atoms with van der Waals surface area (Å²) in [5, 5.41) is 0.913. The number of hydrogen-bond donors (Lipinski definition) is 4. The molecule has 23 heavy (non-hydrogen) atoms. The average molecular weight is 328 g/mol. The third kappa shape index (κ3) is 2.38. The summed E-state index contributed by atoms with van der Waals surface area (Å²) < 4.78 is 27.6. The molecule has 8 heteroatoms. The minimum Gasteiger partial charge on any atom is -0.361 e. The molecule has 0 saturated carbocycles. The zero-order chi connectivity index (χ0) is 16.0. The summed E-state index contributed by atoms with van der Waals surface area (Å²) in [5.41, 5.74) is 2.03. The largest absolute Gasteiger partial charge is 0.361 e. The molecule has 4 aromatic rings. The topological polar surface area (TPSA) is 111 Å². The van der Waals surface area contributed by atoms with Crippen molar-refractivity contribution in [1.82, 2.24) is 15.0 Å². The zero-order valence-corrected chi connectivity index (χ0v) is 12.6. The number of anilines is 1. The number of aromatic nitrogens is 3. The standard InChI is InChI=1S/C15H12N4O3S/c20-15-17-13-4-2-11(8-14(13)18-15)23(21,22)19-10-1-3-12-9(7-10)5-6-16-12/h1-8,16,19H,(H2,17,18,20). The lowest BCUT2D eigenvalue weighted by Gasteiger charge is -2.08. The van der Waals surface area contributed by atoms with E-state index in [0.717, 1.165) is 10.9 Å². The Kier molecular flexibility index (Phi) is 2.82. The zero-order valence-electron chi connectivity index (χ0n) is 11.8. The first-order chi connectivity index (χ1) is 11.0. The Bertz CT molecular complexity index is 1180. The van der Waals surface area contributed by atoms with Gasteiger partial charge in [-0.15, -0.1) is 0 Å². The minimum absolute atomic E-state index is 0.0782. The van der Waals surface area contributed by atoms with Gasteiger partial charge in [-0.1, -0.05) is 0 Å². The van der Waals surface area contributed by atoms with Crippen LogP contribution in [0.25, 0.3) is 21.9 Å². The van der Waals surface area contributed by atoms with Crippen LogP contribution in [0.4, 0.5) is 5.69 Å². The molecule has 4 rings (SSSR count). The summed E-state index contributed by atoms with van der Waals surface area (Å²) in [6.45, 7) is 0. The van der Waals surface area contributed by atoms with Crippen LogP contribution in [0.2, 0.25) is 0 Å². The van der Waals surface area contributed by atoms with Gasteiger partial charge in [0.05, 0.1) is 15.9 Å². The smallest absolute Gasteiger partial charge is 0.323 e. The van der Waals surface area contributed by atoms with Crippen molar-refractivity contribution < 1.29 is 8.42 Å². The molecule has 0 aliphatic rings. The highest BCUT2D eigenvalue weighted by Crippen LogP contribution is 2.22. The highest BCUT2D eigenvalue weighted by Gasteiger charge is 2.15. The molecule has 116 valence electrons. The van der Waals surface area contributed by atoms with Gasteiger partial charge in [-0.3, -0.25) is 4.72 Å². The molecule has 0 saturated heterocycles. The Labute approximate surface area is 130 Å². The van der Waals surface area contributed by atoms with Gasteiger partial charge in [0.2, 0.25) is 0 Å². The Morgan fingerprint density at radius 2 is 1.65 bits per heavy atom. The molecule has 2 aromatic heterocycles. The number of H-pyrrole nitrogens is 3. The molecule has 2 aromatic carbocycles. The van der Waals surface area contributed by atoms with E-state index in [1.165, 1.54) is 12.1 Å². The first kappa shape index (κ1) is 13.6. The molecule has 0 bridgehead atoms. The Hall–Kier alpha value is -3.00. The number of benzene rings is 2. The van der Waals surface area contributed by atoms with Crippen molar-refractivity contribution in [2.24, 2.45) is 0 Å². The summed E-state index contributed by atoms with van der Waals surface area (Å²) in [5.74, 6) is 0.